The minimum atomic E-state index is -0.965. The Labute approximate surface area is 184 Å². The van der Waals surface area contributed by atoms with Gasteiger partial charge in [0, 0.05) is 10.9 Å². The van der Waals surface area contributed by atoms with Crippen LogP contribution in [0.4, 0.5) is 0 Å². The first-order chi connectivity index (χ1) is 15.2. The smallest absolute Gasteiger partial charge is 0.335 e. The van der Waals surface area contributed by atoms with Gasteiger partial charge in [-0.15, -0.1) is 5.10 Å². The second kappa shape index (κ2) is 8.45. The molecule has 1 aliphatic rings. The number of hydrogen-bond donors (Lipinski definition) is 2. The van der Waals surface area contributed by atoms with E-state index < -0.39 is 5.97 Å². The number of carbonyl (C=O) groups is 1. The molecule has 0 unspecified atom stereocenters. The Morgan fingerprint density at radius 2 is 1.84 bits per heavy atom. The van der Waals surface area contributed by atoms with Crippen LogP contribution in [0.5, 0.6) is 0 Å². The van der Waals surface area contributed by atoms with Gasteiger partial charge in [-0.25, -0.2) is 9.48 Å². The van der Waals surface area contributed by atoms with E-state index in [1.165, 1.54) is 5.56 Å². The molecule has 0 bridgehead atoms. The molecule has 1 saturated heterocycles. The number of benzene rings is 2. The number of carboxylic acid groups (broad SMARTS) is 1. The normalized spacial score (nSPS) is 14.6. The first-order valence-electron chi connectivity index (χ1n) is 10.3. The van der Waals surface area contributed by atoms with Crippen LogP contribution in [0.3, 0.4) is 0 Å². The summed E-state index contributed by atoms with van der Waals surface area (Å²) in [6, 6.07) is 15.8. The molecule has 2 aromatic heterocycles. The van der Waals surface area contributed by atoms with Gasteiger partial charge in [0.15, 0.2) is 0 Å². The molecule has 31 heavy (non-hydrogen) atoms. The summed E-state index contributed by atoms with van der Waals surface area (Å²) in [7, 11) is 0. The van der Waals surface area contributed by atoms with Crippen LogP contribution >= 0.6 is 11.3 Å². The summed E-state index contributed by atoms with van der Waals surface area (Å²) in [5, 5.41) is 25.5. The van der Waals surface area contributed by atoms with Gasteiger partial charge in [-0.1, -0.05) is 29.5 Å². The van der Waals surface area contributed by atoms with Gasteiger partial charge >= 0.3 is 5.97 Å². The number of aromatic carboxylic acids is 1. The van der Waals surface area contributed by atoms with E-state index >= 15 is 0 Å². The lowest BCUT2D eigenvalue weighted by molar-refractivity contribution is 0.0697. The van der Waals surface area contributed by atoms with Crippen molar-refractivity contribution in [2.45, 2.75) is 18.8 Å². The summed E-state index contributed by atoms with van der Waals surface area (Å²) >= 11 is 1.60. The molecule has 5 rings (SSSR count). The fourth-order valence-electron chi connectivity index (χ4n) is 4.07. The lowest BCUT2D eigenvalue weighted by Crippen LogP contribution is -2.26. The number of thiophene rings is 1. The molecular weight excluding hydrogens is 408 g/mol. The van der Waals surface area contributed by atoms with Crippen molar-refractivity contribution in [3.05, 3.63) is 76.6 Å². The molecule has 4 aromatic rings. The van der Waals surface area contributed by atoms with E-state index in [1.54, 1.807) is 28.2 Å². The number of piperidine rings is 1. The van der Waals surface area contributed by atoms with Crippen molar-refractivity contribution < 1.29 is 9.90 Å². The predicted octanol–water partition coefficient (Wildman–Crippen LogP) is 4.83. The number of aromatic nitrogens is 3. The molecule has 0 atom stereocenters. The van der Waals surface area contributed by atoms with Gasteiger partial charge in [-0.3, -0.25) is 0 Å². The molecule has 0 amide bonds. The molecule has 0 radical (unpaired) electrons. The quantitative estimate of drug-likeness (QED) is 0.474. The van der Waals surface area contributed by atoms with E-state index in [-0.39, 0.29) is 5.56 Å². The number of carboxylic acids is 1. The molecule has 2 aromatic carbocycles. The van der Waals surface area contributed by atoms with Crippen LogP contribution in [0.25, 0.3) is 28.1 Å². The maximum absolute atomic E-state index is 11.8. The van der Waals surface area contributed by atoms with Gasteiger partial charge in [-0.05, 0) is 78.2 Å². The highest BCUT2D eigenvalue weighted by molar-refractivity contribution is 7.08. The maximum atomic E-state index is 11.8. The highest BCUT2D eigenvalue weighted by Gasteiger charge is 2.16. The van der Waals surface area contributed by atoms with Gasteiger partial charge in [0.2, 0.25) is 0 Å². The molecule has 1 fully saturated rings. The Balaban J connectivity index is 1.49. The zero-order valence-electron chi connectivity index (χ0n) is 16.9. The minimum absolute atomic E-state index is 0.225. The molecule has 0 spiro atoms. The molecule has 0 saturated carbocycles. The summed E-state index contributed by atoms with van der Waals surface area (Å²) in [5.41, 5.74) is 5.83. The van der Waals surface area contributed by atoms with E-state index in [0.717, 1.165) is 48.3 Å². The van der Waals surface area contributed by atoms with E-state index in [0.29, 0.717) is 11.6 Å². The molecule has 7 heteroatoms. The van der Waals surface area contributed by atoms with Crippen molar-refractivity contribution in [2.24, 2.45) is 0 Å². The molecule has 1 aliphatic heterocycles. The Morgan fingerprint density at radius 1 is 1.03 bits per heavy atom. The number of nitrogens with one attached hydrogen (secondary N) is 1. The molecule has 156 valence electrons. The standard InChI is InChI=1S/C24H22N4O2S/c29-24(30)21-11-20(17-3-1-16(2-4-17)18-5-8-25-9-6-18)12-22(13-21)28-14-23(26-27-28)19-7-10-31-15-19/h1-4,7,10-15,18,25H,5-6,8-9H2,(H,29,30). The monoisotopic (exact) mass is 430 g/mol. The summed E-state index contributed by atoms with van der Waals surface area (Å²) in [6.07, 6.45) is 4.13. The first-order valence-corrected chi connectivity index (χ1v) is 11.3. The predicted molar refractivity (Wildman–Crippen MR) is 122 cm³/mol. The maximum Gasteiger partial charge on any atom is 0.335 e. The molecule has 0 aliphatic carbocycles. The van der Waals surface area contributed by atoms with Crippen LogP contribution in [-0.4, -0.2) is 39.2 Å². The topological polar surface area (TPSA) is 80.0 Å². The highest BCUT2D eigenvalue weighted by Crippen LogP contribution is 2.30. The Bertz CT molecular complexity index is 1190. The average molecular weight is 431 g/mol. The van der Waals surface area contributed by atoms with E-state index in [2.05, 4.69) is 39.9 Å². The van der Waals surface area contributed by atoms with E-state index in [4.69, 9.17) is 0 Å². The summed E-state index contributed by atoms with van der Waals surface area (Å²) in [6.45, 7) is 2.11. The zero-order valence-corrected chi connectivity index (χ0v) is 17.7. The van der Waals surface area contributed by atoms with Crippen molar-refractivity contribution in [2.75, 3.05) is 13.1 Å². The second-order valence-electron chi connectivity index (χ2n) is 7.78. The van der Waals surface area contributed by atoms with Gasteiger partial charge in [0.25, 0.3) is 0 Å². The van der Waals surface area contributed by atoms with Crippen molar-refractivity contribution in [3.63, 3.8) is 0 Å². The van der Waals surface area contributed by atoms with Crippen molar-refractivity contribution >= 4 is 17.3 Å². The average Bonchev–Trinajstić information content (AvgIpc) is 3.52. The summed E-state index contributed by atoms with van der Waals surface area (Å²) < 4.78 is 1.63. The van der Waals surface area contributed by atoms with Crippen molar-refractivity contribution in [1.29, 1.82) is 0 Å². The van der Waals surface area contributed by atoms with Crippen LogP contribution in [0.2, 0.25) is 0 Å². The minimum Gasteiger partial charge on any atom is -0.478 e. The van der Waals surface area contributed by atoms with E-state index in [9.17, 15) is 9.90 Å². The molecular formula is C24H22N4O2S. The lowest BCUT2D eigenvalue weighted by atomic mass is 9.89. The van der Waals surface area contributed by atoms with Crippen LogP contribution in [-0.2, 0) is 0 Å². The molecule has 3 heterocycles. The van der Waals surface area contributed by atoms with Crippen LogP contribution in [0.1, 0.15) is 34.7 Å². The third-order valence-corrected chi connectivity index (χ3v) is 6.48. The Kier molecular flexibility index (Phi) is 5.36. The van der Waals surface area contributed by atoms with Crippen LogP contribution in [0.15, 0.2) is 65.5 Å². The second-order valence-corrected chi connectivity index (χ2v) is 8.56. The highest BCUT2D eigenvalue weighted by atomic mass is 32.1. The summed E-state index contributed by atoms with van der Waals surface area (Å²) in [4.78, 5) is 11.8. The number of rotatable bonds is 5. The number of hydrogen-bond acceptors (Lipinski definition) is 5. The third kappa shape index (κ3) is 4.15. The van der Waals surface area contributed by atoms with Gasteiger partial charge in [0.1, 0.15) is 5.69 Å². The SMILES string of the molecule is O=C(O)c1cc(-c2ccc(C3CCNCC3)cc2)cc(-n2cc(-c3ccsc3)nn2)c1. The first kappa shape index (κ1) is 19.7. The fourth-order valence-corrected chi connectivity index (χ4v) is 4.72. The van der Waals surface area contributed by atoms with Gasteiger partial charge < -0.3 is 10.4 Å². The number of nitrogens with zero attached hydrogens (tertiary/aromatic N) is 3. The lowest BCUT2D eigenvalue weighted by Gasteiger charge is -2.23. The Hall–Kier alpha value is -3.29. The largest absolute Gasteiger partial charge is 0.478 e. The van der Waals surface area contributed by atoms with Crippen LogP contribution in [0, 0.1) is 0 Å². The van der Waals surface area contributed by atoms with Crippen molar-refractivity contribution in [3.8, 4) is 28.1 Å². The third-order valence-electron chi connectivity index (χ3n) is 5.79. The van der Waals surface area contributed by atoms with Crippen molar-refractivity contribution in [1.82, 2.24) is 20.3 Å². The van der Waals surface area contributed by atoms with Gasteiger partial charge in [0.05, 0.1) is 17.4 Å². The Morgan fingerprint density at radius 3 is 2.55 bits per heavy atom. The van der Waals surface area contributed by atoms with Crippen LogP contribution < -0.4 is 5.32 Å². The summed E-state index contributed by atoms with van der Waals surface area (Å²) in [5.74, 6) is -0.380. The molecule has 2 N–H and O–H groups in total. The fraction of sp³-hybridized carbons (Fsp3) is 0.208. The molecule has 6 nitrogen and oxygen atoms in total. The zero-order chi connectivity index (χ0) is 21.2. The van der Waals surface area contributed by atoms with E-state index in [1.807, 2.05) is 29.1 Å². The van der Waals surface area contributed by atoms with Gasteiger partial charge in [-0.2, -0.15) is 11.3 Å².